The van der Waals surface area contributed by atoms with Crippen LogP contribution in [0.5, 0.6) is 0 Å². The predicted octanol–water partition coefficient (Wildman–Crippen LogP) is 3.50. The van der Waals surface area contributed by atoms with Crippen LogP contribution in [-0.2, 0) is 0 Å². The van der Waals surface area contributed by atoms with Crippen molar-refractivity contribution in [2.45, 2.75) is 13.0 Å². The minimum atomic E-state index is -1.00. The van der Waals surface area contributed by atoms with E-state index in [1.165, 1.54) is 11.3 Å². The van der Waals surface area contributed by atoms with Gasteiger partial charge in [0.1, 0.15) is 16.5 Å². The number of thiazole rings is 1. The van der Waals surface area contributed by atoms with Crippen LogP contribution in [-0.4, -0.2) is 9.91 Å². The summed E-state index contributed by atoms with van der Waals surface area (Å²) in [6.45, 7) is 1.69. The van der Waals surface area contributed by atoms with Gasteiger partial charge in [0, 0.05) is 17.6 Å². The second kappa shape index (κ2) is 5.27. The van der Waals surface area contributed by atoms with E-state index in [2.05, 4.69) is 10.3 Å². The number of nitro groups is 1. The van der Waals surface area contributed by atoms with E-state index in [0.29, 0.717) is 17.1 Å². The highest BCUT2D eigenvalue weighted by Gasteiger charge is 2.22. The van der Waals surface area contributed by atoms with Crippen molar-refractivity contribution in [1.82, 2.24) is 4.98 Å². The fourth-order valence-corrected chi connectivity index (χ4v) is 2.22. The SMILES string of the molecule is CC(Nc1c(F)cc(F)cc1[N+](=O)[O-])c1nccs1. The molecule has 1 atom stereocenters. The van der Waals surface area contributed by atoms with Gasteiger partial charge < -0.3 is 5.32 Å². The van der Waals surface area contributed by atoms with Crippen LogP contribution in [0, 0.1) is 21.7 Å². The van der Waals surface area contributed by atoms with Crippen molar-refractivity contribution >= 4 is 22.7 Å². The molecule has 2 rings (SSSR count). The summed E-state index contributed by atoms with van der Waals surface area (Å²) in [5, 5.41) is 15.9. The Morgan fingerprint density at radius 1 is 1.47 bits per heavy atom. The van der Waals surface area contributed by atoms with Crippen LogP contribution < -0.4 is 5.32 Å². The number of anilines is 1. The van der Waals surface area contributed by atoms with Gasteiger partial charge in [-0.05, 0) is 6.92 Å². The van der Waals surface area contributed by atoms with Gasteiger partial charge in [-0.3, -0.25) is 10.1 Å². The zero-order chi connectivity index (χ0) is 14.0. The largest absolute Gasteiger partial charge is 0.368 e. The number of rotatable bonds is 4. The van der Waals surface area contributed by atoms with Crippen LogP contribution in [0.3, 0.4) is 0 Å². The maximum absolute atomic E-state index is 13.6. The molecule has 0 saturated heterocycles. The van der Waals surface area contributed by atoms with Crippen LogP contribution in [0.25, 0.3) is 0 Å². The van der Waals surface area contributed by atoms with E-state index in [9.17, 15) is 18.9 Å². The Balaban J connectivity index is 2.36. The molecule has 8 heteroatoms. The second-order valence-corrected chi connectivity index (χ2v) is 4.70. The molecule has 0 radical (unpaired) electrons. The van der Waals surface area contributed by atoms with Crippen LogP contribution in [0.15, 0.2) is 23.7 Å². The lowest BCUT2D eigenvalue weighted by Gasteiger charge is -2.13. The smallest absolute Gasteiger partial charge is 0.298 e. The van der Waals surface area contributed by atoms with Gasteiger partial charge in [0.25, 0.3) is 5.69 Å². The van der Waals surface area contributed by atoms with E-state index >= 15 is 0 Å². The Kier molecular flexibility index (Phi) is 3.70. The number of hydrogen-bond donors (Lipinski definition) is 1. The van der Waals surface area contributed by atoms with Gasteiger partial charge in [-0.25, -0.2) is 13.8 Å². The van der Waals surface area contributed by atoms with E-state index in [1.807, 2.05) is 0 Å². The van der Waals surface area contributed by atoms with Crippen LogP contribution in [0.1, 0.15) is 18.0 Å². The summed E-state index contributed by atoms with van der Waals surface area (Å²) in [6.07, 6.45) is 1.58. The third-order valence-electron chi connectivity index (χ3n) is 2.41. The summed E-state index contributed by atoms with van der Waals surface area (Å²) in [6, 6.07) is 0.864. The summed E-state index contributed by atoms with van der Waals surface area (Å²) in [7, 11) is 0. The summed E-state index contributed by atoms with van der Waals surface area (Å²) < 4.78 is 26.6. The van der Waals surface area contributed by atoms with Gasteiger partial charge in [-0.1, -0.05) is 0 Å². The van der Waals surface area contributed by atoms with E-state index in [4.69, 9.17) is 0 Å². The van der Waals surface area contributed by atoms with Gasteiger partial charge in [0.15, 0.2) is 5.82 Å². The molecule has 1 N–H and O–H groups in total. The van der Waals surface area contributed by atoms with Gasteiger partial charge in [-0.15, -0.1) is 11.3 Å². The quantitative estimate of drug-likeness (QED) is 0.689. The molecule has 0 aliphatic carbocycles. The topological polar surface area (TPSA) is 68.1 Å². The highest BCUT2D eigenvalue weighted by molar-refractivity contribution is 7.09. The first-order valence-corrected chi connectivity index (χ1v) is 6.16. The van der Waals surface area contributed by atoms with Crippen LogP contribution >= 0.6 is 11.3 Å². The maximum atomic E-state index is 13.6. The van der Waals surface area contributed by atoms with Gasteiger partial charge in [0.2, 0.25) is 0 Å². The number of nitro benzene ring substituents is 1. The number of aromatic nitrogens is 1. The van der Waals surface area contributed by atoms with Crippen molar-refractivity contribution < 1.29 is 13.7 Å². The molecule has 0 aliphatic heterocycles. The minimum Gasteiger partial charge on any atom is -0.368 e. The molecule has 1 unspecified atom stereocenters. The monoisotopic (exact) mass is 285 g/mol. The standard InChI is InChI=1S/C11H9F2N3O2S/c1-6(11-14-2-3-19-11)15-10-8(13)4-7(12)5-9(10)16(17)18/h2-6,15H,1H3. The molecule has 19 heavy (non-hydrogen) atoms. The summed E-state index contributed by atoms with van der Waals surface area (Å²) in [5.74, 6) is -1.99. The maximum Gasteiger partial charge on any atom is 0.298 e. The van der Waals surface area contributed by atoms with E-state index in [0.717, 1.165) is 0 Å². The minimum absolute atomic E-state index is 0.339. The Hall–Kier alpha value is -2.09. The zero-order valence-corrected chi connectivity index (χ0v) is 10.6. The molecule has 5 nitrogen and oxygen atoms in total. The lowest BCUT2D eigenvalue weighted by Crippen LogP contribution is -2.10. The molecule has 0 spiro atoms. The summed E-state index contributed by atoms with van der Waals surface area (Å²) in [5.41, 5.74) is -0.977. The van der Waals surface area contributed by atoms with Crippen molar-refractivity contribution in [3.63, 3.8) is 0 Å². The molecule has 100 valence electrons. The molecular weight excluding hydrogens is 276 g/mol. The fourth-order valence-electron chi connectivity index (χ4n) is 1.57. The molecule has 0 aliphatic rings. The molecule has 1 heterocycles. The lowest BCUT2D eigenvalue weighted by atomic mass is 10.2. The summed E-state index contributed by atoms with van der Waals surface area (Å²) >= 11 is 1.33. The van der Waals surface area contributed by atoms with Crippen molar-refractivity contribution in [3.8, 4) is 0 Å². The van der Waals surface area contributed by atoms with Crippen LogP contribution in [0.2, 0.25) is 0 Å². The lowest BCUT2D eigenvalue weighted by molar-refractivity contribution is -0.384. The number of nitrogens with one attached hydrogen (secondary N) is 1. The third kappa shape index (κ3) is 2.84. The summed E-state index contributed by atoms with van der Waals surface area (Å²) in [4.78, 5) is 14.0. The van der Waals surface area contributed by atoms with E-state index < -0.39 is 28.3 Å². The average molecular weight is 285 g/mol. The molecule has 0 fully saturated rings. The van der Waals surface area contributed by atoms with Gasteiger partial charge in [-0.2, -0.15) is 0 Å². The first-order chi connectivity index (χ1) is 8.99. The Morgan fingerprint density at radius 3 is 2.79 bits per heavy atom. The molecule has 0 amide bonds. The van der Waals surface area contributed by atoms with E-state index in [1.54, 1.807) is 18.5 Å². The number of benzene rings is 1. The van der Waals surface area contributed by atoms with Gasteiger partial charge >= 0.3 is 0 Å². The Labute approximate surface area is 111 Å². The molecule has 1 aromatic carbocycles. The predicted molar refractivity (Wildman–Crippen MR) is 67.2 cm³/mol. The highest BCUT2D eigenvalue weighted by Crippen LogP contribution is 2.32. The van der Waals surface area contributed by atoms with Crippen molar-refractivity contribution in [2.24, 2.45) is 0 Å². The zero-order valence-electron chi connectivity index (χ0n) is 9.76. The average Bonchev–Trinajstić information content (AvgIpc) is 2.85. The van der Waals surface area contributed by atoms with E-state index in [-0.39, 0.29) is 5.69 Å². The number of halogens is 2. The van der Waals surface area contributed by atoms with Gasteiger partial charge in [0.05, 0.1) is 17.0 Å². The number of nitrogens with zero attached hydrogens (tertiary/aromatic N) is 2. The first-order valence-electron chi connectivity index (χ1n) is 5.28. The van der Waals surface area contributed by atoms with Crippen molar-refractivity contribution in [1.29, 1.82) is 0 Å². The van der Waals surface area contributed by atoms with Crippen LogP contribution in [0.4, 0.5) is 20.2 Å². The highest BCUT2D eigenvalue weighted by atomic mass is 32.1. The Bertz CT molecular complexity index is 604. The number of hydrogen-bond acceptors (Lipinski definition) is 5. The first kappa shape index (κ1) is 13.3. The molecular formula is C11H9F2N3O2S. The molecule has 0 saturated carbocycles. The fraction of sp³-hybridized carbons (Fsp3) is 0.182. The normalized spacial score (nSPS) is 12.2. The molecule has 2 aromatic rings. The Morgan fingerprint density at radius 2 is 2.21 bits per heavy atom. The molecule has 0 bridgehead atoms. The third-order valence-corrected chi connectivity index (χ3v) is 3.37. The molecule has 1 aromatic heterocycles. The van der Waals surface area contributed by atoms with Crippen molar-refractivity contribution in [2.75, 3.05) is 5.32 Å². The second-order valence-electron chi connectivity index (χ2n) is 3.78. The van der Waals surface area contributed by atoms with Crippen molar-refractivity contribution in [3.05, 3.63) is 50.5 Å².